The van der Waals surface area contributed by atoms with E-state index < -0.39 is 11.7 Å². The van der Waals surface area contributed by atoms with Crippen LogP contribution in [0.15, 0.2) is 18.2 Å². The number of nitrogens with zero attached hydrogens (tertiary/aromatic N) is 3. The summed E-state index contributed by atoms with van der Waals surface area (Å²) in [7, 11) is 2.01. The standard InChI is InChI=1S/C15H18F3N3/c1-14(2)10-21(7-6-20(14)3)12-5-4-11(9-19)13(8-12)15(16,17)18/h4-5,8H,6-7,10H2,1-3H3. The Kier molecular flexibility index (Phi) is 3.89. The fourth-order valence-corrected chi connectivity index (χ4v) is 2.52. The Bertz CT molecular complexity index is 573. The largest absolute Gasteiger partial charge is 0.417 e. The lowest BCUT2D eigenvalue weighted by atomic mass is 9.98. The second kappa shape index (κ2) is 5.23. The minimum atomic E-state index is -4.51. The molecule has 114 valence electrons. The van der Waals surface area contributed by atoms with Crippen LogP contribution in [0.1, 0.15) is 25.0 Å². The van der Waals surface area contributed by atoms with E-state index in [4.69, 9.17) is 5.26 Å². The van der Waals surface area contributed by atoms with E-state index in [2.05, 4.69) is 18.7 Å². The molecule has 3 nitrogen and oxygen atoms in total. The van der Waals surface area contributed by atoms with E-state index in [0.29, 0.717) is 18.8 Å². The maximum atomic E-state index is 13.0. The van der Waals surface area contributed by atoms with Crippen LogP contribution in [0.25, 0.3) is 0 Å². The van der Waals surface area contributed by atoms with E-state index in [1.165, 1.54) is 6.07 Å². The van der Waals surface area contributed by atoms with E-state index in [0.717, 1.165) is 12.6 Å². The zero-order valence-corrected chi connectivity index (χ0v) is 12.3. The first-order valence-electron chi connectivity index (χ1n) is 6.73. The SMILES string of the molecule is CN1CCN(c2ccc(C#N)c(C(F)(F)F)c2)CC1(C)C. The van der Waals surface area contributed by atoms with Crippen LogP contribution in [0.5, 0.6) is 0 Å². The van der Waals surface area contributed by atoms with Crippen molar-refractivity contribution in [2.75, 3.05) is 31.6 Å². The monoisotopic (exact) mass is 297 g/mol. The molecular formula is C15H18F3N3. The number of nitriles is 1. The van der Waals surface area contributed by atoms with Crippen molar-refractivity contribution in [3.63, 3.8) is 0 Å². The van der Waals surface area contributed by atoms with Crippen molar-refractivity contribution in [1.82, 2.24) is 4.90 Å². The quantitative estimate of drug-likeness (QED) is 0.798. The maximum absolute atomic E-state index is 13.0. The van der Waals surface area contributed by atoms with Gasteiger partial charge in [0.1, 0.15) is 0 Å². The summed E-state index contributed by atoms with van der Waals surface area (Å²) in [4.78, 5) is 4.13. The normalized spacial score (nSPS) is 19.4. The molecule has 0 amide bonds. The van der Waals surface area contributed by atoms with Gasteiger partial charge in [-0.1, -0.05) is 0 Å². The van der Waals surface area contributed by atoms with E-state index in [-0.39, 0.29) is 11.1 Å². The summed E-state index contributed by atoms with van der Waals surface area (Å²) in [5.74, 6) is 0. The van der Waals surface area contributed by atoms with Gasteiger partial charge in [0, 0.05) is 30.9 Å². The first-order valence-corrected chi connectivity index (χ1v) is 6.73. The van der Waals surface area contributed by atoms with E-state index in [9.17, 15) is 13.2 Å². The molecule has 0 radical (unpaired) electrons. The van der Waals surface area contributed by atoms with Crippen LogP contribution in [0.3, 0.4) is 0 Å². The average Bonchev–Trinajstić information content (AvgIpc) is 2.40. The van der Waals surface area contributed by atoms with Gasteiger partial charge in [-0.3, -0.25) is 4.90 Å². The fourth-order valence-electron chi connectivity index (χ4n) is 2.52. The molecule has 1 aliphatic rings. The first-order chi connectivity index (χ1) is 9.65. The zero-order valence-electron chi connectivity index (χ0n) is 12.3. The smallest absolute Gasteiger partial charge is 0.368 e. The molecule has 0 unspecified atom stereocenters. The van der Waals surface area contributed by atoms with Crippen LogP contribution in [-0.4, -0.2) is 37.1 Å². The second-order valence-electron chi connectivity index (χ2n) is 5.99. The summed E-state index contributed by atoms with van der Waals surface area (Å²) in [6, 6.07) is 5.54. The van der Waals surface area contributed by atoms with Crippen molar-refractivity contribution in [3.05, 3.63) is 29.3 Å². The Balaban J connectivity index is 2.36. The number of hydrogen-bond acceptors (Lipinski definition) is 3. The van der Waals surface area contributed by atoms with Crippen molar-refractivity contribution in [2.45, 2.75) is 25.6 Å². The molecule has 0 bridgehead atoms. The third-order valence-electron chi connectivity index (χ3n) is 4.11. The van der Waals surface area contributed by atoms with Gasteiger partial charge in [0.2, 0.25) is 0 Å². The molecule has 6 heteroatoms. The lowest BCUT2D eigenvalue weighted by Gasteiger charge is -2.46. The summed E-state index contributed by atoms with van der Waals surface area (Å²) in [6.07, 6.45) is -4.51. The summed E-state index contributed by atoms with van der Waals surface area (Å²) < 4.78 is 39.1. The van der Waals surface area contributed by atoms with E-state index >= 15 is 0 Å². The molecule has 1 aromatic carbocycles. The number of halogens is 3. The predicted octanol–water partition coefficient (Wildman–Crippen LogP) is 3.11. The van der Waals surface area contributed by atoms with Crippen molar-refractivity contribution in [2.24, 2.45) is 0 Å². The third-order valence-corrected chi connectivity index (χ3v) is 4.11. The second-order valence-corrected chi connectivity index (χ2v) is 5.99. The molecule has 1 saturated heterocycles. The number of alkyl halides is 3. The van der Waals surface area contributed by atoms with Gasteiger partial charge in [-0.2, -0.15) is 18.4 Å². The van der Waals surface area contributed by atoms with Gasteiger partial charge in [-0.05, 0) is 39.1 Å². The molecule has 0 saturated carbocycles. The summed E-state index contributed by atoms with van der Waals surface area (Å²) in [5, 5.41) is 8.83. The van der Waals surface area contributed by atoms with Gasteiger partial charge in [0.05, 0.1) is 17.2 Å². The number of rotatable bonds is 1. The first kappa shape index (κ1) is 15.6. The molecule has 21 heavy (non-hydrogen) atoms. The predicted molar refractivity (Wildman–Crippen MR) is 75.1 cm³/mol. The van der Waals surface area contributed by atoms with Crippen LogP contribution in [-0.2, 0) is 6.18 Å². The summed E-state index contributed by atoms with van der Waals surface area (Å²) >= 11 is 0. The lowest BCUT2D eigenvalue weighted by molar-refractivity contribution is -0.137. The lowest BCUT2D eigenvalue weighted by Crippen LogP contribution is -2.57. The Morgan fingerprint density at radius 3 is 2.43 bits per heavy atom. The van der Waals surface area contributed by atoms with Crippen LogP contribution in [0.2, 0.25) is 0 Å². The number of piperazine rings is 1. The average molecular weight is 297 g/mol. The van der Waals surface area contributed by atoms with Gasteiger partial charge in [0.25, 0.3) is 0 Å². The van der Waals surface area contributed by atoms with Crippen molar-refractivity contribution >= 4 is 5.69 Å². The number of hydrogen-bond donors (Lipinski definition) is 0. The van der Waals surface area contributed by atoms with Gasteiger partial charge in [-0.15, -0.1) is 0 Å². The van der Waals surface area contributed by atoms with Crippen molar-refractivity contribution < 1.29 is 13.2 Å². The van der Waals surface area contributed by atoms with Crippen LogP contribution in [0.4, 0.5) is 18.9 Å². The Hall–Kier alpha value is -1.74. The molecular weight excluding hydrogens is 279 g/mol. The molecule has 1 fully saturated rings. The maximum Gasteiger partial charge on any atom is 0.417 e. The molecule has 0 aromatic heterocycles. The van der Waals surface area contributed by atoms with Crippen LogP contribution in [0, 0.1) is 11.3 Å². The van der Waals surface area contributed by atoms with E-state index in [1.807, 2.05) is 11.9 Å². The fraction of sp³-hybridized carbons (Fsp3) is 0.533. The Morgan fingerprint density at radius 2 is 1.90 bits per heavy atom. The van der Waals surface area contributed by atoms with Crippen molar-refractivity contribution in [1.29, 1.82) is 5.26 Å². The van der Waals surface area contributed by atoms with Gasteiger partial charge < -0.3 is 4.90 Å². The van der Waals surface area contributed by atoms with Gasteiger partial charge in [-0.25, -0.2) is 0 Å². The van der Waals surface area contributed by atoms with Crippen LogP contribution < -0.4 is 4.90 Å². The van der Waals surface area contributed by atoms with Gasteiger partial charge >= 0.3 is 6.18 Å². The number of benzene rings is 1. The highest BCUT2D eigenvalue weighted by molar-refractivity contribution is 5.55. The van der Waals surface area contributed by atoms with Gasteiger partial charge in [0.15, 0.2) is 0 Å². The minimum absolute atomic E-state index is 0.107. The molecule has 0 atom stereocenters. The zero-order chi connectivity index (χ0) is 15.8. The highest BCUT2D eigenvalue weighted by atomic mass is 19.4. The van der Waals surface area contributed by atoms with E-state index in [1.54, 1.807) is 12.1 Å². The Morgan fingerprint density at radius 1 is 1.24 bits per heavy atom. The number of likely N-dealkylation sites (N-methyl/N-ethyl adjacent to an activating group) is 1. The summed E-state index contributed by atoms with van der Waals surface area (Å²) in [6.45, 7) is 6.23. The summed E-state index contributed by atoms with van der Waals surface area (Å²) in [5.41, 5.74) is -0.786. The minimum Gasteiger partial charge on any atom is -0.368 e. The molecule has 0 spiro atoms. The van der Waals surface area contributed by atoms with Crippen molar-refractivity contribution in [3.8, 4) is 6.07 Å². The molecule has 0 N–H and O–H groups in total. The molecule has 2 rings (SSSR count). The molecule has 1 heterocycles. The highest BCUT2D eigenvalue weighted by Crippen LogP contribution is 2.35. The highest BCUT2D eigenvalue weighted by Gasteiger charge is 2.36. The third kappa shape index (κ3) is 3.13. The topological polar surface area (TPSA) is 30.3 Å². The Labute approximate surface area is 122 Å². The van der Waals surface area contributed by atoms with Crippen LogP contribution >= 0.6 is 0 Å². The molecule has 1 aliphatic heterocycles. The molecule has 1 aromatic rings. The molecule has 0 aliphatic carbocycles. The number of anilines is 1.